The quantitative estimate of drug-likeness (QED) is 0.624. The van der Waals surface area contributed by atoms with Crippen molar-refractivity contribution in [3.63, 3.8) is 0 Å². The second kappa shape index (κ2) is 9.70. The molecule has 2 aliphatic rings. The van der Waals surface area contributed by atoms with Crippen LogP contribution < -0.4 is 9.47 Å². The molecule has 0 radical (unpaired) electrons. The fourth-order valence-electron chi connectivity index (χ4n) is 4.77. The first kappa shape index (κ1) is 23.5. The van der Waals surface area contributed by atoms with Crippen LogP contribution in [0, 0.1) is 5.41 Å². The Bertz CT molecular complexity index is 1080. The summed E-state index contributed by atoms with van der Waals surface area (Å²) >= 11 is 0. The molecule has 2 fully saturated rings. The Hall–Kier alpha value is -3.62. The second-order valence-corrected chi connectivity index (χ2v) is 8.76. The van der Waals surface area contributed by atoms with E-state index in [1.165, 1.54) is 13.3 Å². The van der Waals surface area contributed by atoms with Crippen molar-refractivity contribution in [2.75, 3.05) is 47.5 Å². The molecule has 2 amide bonds. The molecule has 0 unspecified atom stereocenters. The largest absolute Gasteiger partial charge is 0.497 e. The number of nitrogens with zero attached hydrogens (tertiary/aromatic N) is 3. The lowest BCUT2D eigenvalue weighted by Gasteiger charge is -2.39. The van der Waals surface area contributed by atoms with Gasteiger partial charge >= 0.3 is 5.97 Å². The third kappa shape index (κ3) is 4.55. The minimum Gasteiger partial charge on any atom is -0.497 e. The van der Waals surface area contributed by atoms with Gasteiger partial charge in [0, 0.05) is 32.4 Å². The first-order chi connectivity index (χ1) is 16.4. The lowest BCUT2D eigenvalue weighted by atomic mass is 9.77. The van der Waals surface area contributed by atoms with E-state index in [0.717, 1.165) is 19.3 Å². The van der Waals surface area contributed by atoms with Crippen LogP contribution in [0.3, 0.4) is 0 Å². The van der Waals surface area contributed by atoms with E-state index in [9.17, 15) is 14.4 Å². The summed E-state index contributed by atoms with van der Waals surface area (Å²) in [5, 5.41) is 0. The molecule has 9 nitrogen and oxygen atoms in total. The number of hydrogen-bond donors (Lipinski definition) is 0. The Morgan fingerprint density at radius 3 is 2.18 bits per heavy atom. The number of hydrogen-bond acceptors (Lipinski definition) is 7. The Labute approximate surface area is 198 Å². The molecule has 9 heteroatoms. The number of piperidine rings is 1. The van der Waals surface area contributed by atoms with Gasteiger partial charge in [0.2, 0.25) is 0 Å². The Balaban J connectivity index is 1.38. The average molecular weight is 468 g/mol. The summed E-state index contributed by atoms with van der Waals surface area (Å²) in [4.78, 5) is 45.6. The third-order valence-electron chi connectivity index (χ3n) is 6.88. The van der Waals surface area contributed by atoms with Gasteiger partial charge in [-0.1, -0.05) is 0 Å². The van der Waals surface area contributed by atoms with Crippen LogP contribution >= 0.6 is 0 Å². The topological polar surface area (TPSA) is 98.3 Å². The van der Waals surface area contributed by atoms with Crippen molar-refractivity contribution in [1.82, 2.24) is 14.8 Å². The number of likely N-dealkylation sites (tertiary alicyclic amines) is 2. The highest BCUT2D eigenvalue weighted by Gasteiger charge is 2.43. The highest BCUT2D eigenvalue weighted by molar-refractivity contribution is 5.97. The number of pyridine rings is 1. The molecule has 2 aromatic rings. The van der Waals surface area contributed by atoms with Gasteiger partial charge in [-0.3, -0.25) is 14.6 Å². The molecular weight excluding hydrogens is 438 g/mol. The highest BCUT2D eigenvalue weighted by Crippen LogP contribution is 2.41. The molecule has 2 saturated heterocycles. The van der Waals surface area contributed by atoms with Gasteiger partial charge < -0.3 is 24.0 Å². The fraction of sp³-hybridized carbons (Fsp3) is 0.440. The Kier molecular flexibility index (Phi) is 6.72. The molecule has 4 rings (SSSR count). The first-order valence-corrected chi connectivity index (χ1v) is 11.2. The highest BCUT2D eigenvalue weighted by atomic mass is 16.5. The maximum atomic E-state index is 13.2. The van der Waals surface area contributed by atoms with Gasteiger partial charge in [0.05, 0.1) is 32.5 Å². The SMILES string of the molecule is COC(=O)c1ccc(C(=O)N2CCC3(CCN(C(=O)c4cc(OC)ccc4OC)CC3)C2)nc1. The zero-order valence-electron chi connectivity index (χ0n) is 19.7. The Morgan fingerprint density at radius 2 is 1.59 bits per heavy atom. The van der Waals surface area contributed by atoms with Crippen LogP contribution in [-0.4, -0.2) is 80.1 Å². The lowest BCUT2D eigenvalue weighted by Crippen LogP contribution is -2.44. The molecule has 0 atom stereocenters. The van der Waals surface area contributed by atoms with E-state index in [1.54, 1.807) is 44.6 Å². The predicted molar refractivity (Wildman–Crippen MR) is 123 cm³/mol. The second-order valence-electron chi connectivity index (χ2n) is 8.76. The normalized spacial score (nSPS) is 16.9. The third-order valence-corrected chi connectivity index (χ3v) is 6.88. The molecule has 0 aliphatic carbocycles. The molecule has 0 N–H and O–H groups in total. The minimum absolute atomic E-state index is 0.00311. The summed E-state index contributed by atoms with van der Waals surface area (Å²) in [5.41, 5.74) is 1.10. The first-order valence-electron chi connectivity index (χ1n) is 11.2. The summed E-state index contributed by atoms with van der Waals surface area (Å²) in [7, 11) is 4.42. The predicted octanol–water partition coefficient (Wildman–Crippen LogP) is 2.65. The van der Waals surface area contributed by atoms with Crippen molar-refractivity contribution >= 4 is 17.8 Å². The molecule has 34 heavy (non-hydrogen) atoms. The van der Waals surface area contributed by atoms with Crippen molar-refractivity contribution in [2.45, 2.75) is 19.3 Å². The van der Waals surface area contributed by atoms with Gasteiger partial charge in [0.25, 0.3) is 11.8 Å². The van der Waals surface area contributed by atoms with E-state index in [1.807, 2.05) is 9.80 Å². The number of esters is 1. The van der Waals surface area contributed by atoms with Gasteiger partial charge in [-0.25, -0.2) is 4.79 Å². The zero-order valence-corrected chi connectivity index (χ0v) is 19.7. The molecule has 0 saturated carbocycles. The van der Waals surface area contributed by atoms with Crippen LogP contribution in [-0.2, 0) is 4.74 Å². The van der Waals surface area contributed by atoms with Crippen molar-refractivity contribution in [3.05, 3.63) is 53.3 Å². The van der Waals surface area contributed by atoms with Crippen LogP contribution in [0.25, 0.3) is 0 Å². The van der Waals surface area contributed by atoms with Crippen molar-refractivity contribution in [1.29, 1.82) is 0 Å². The van der Waals surface area contributed by atoms with Gasteiger partial charge in [-0.05, 0) is 55.0 Å². The van der Waals surface area contributed by atoms with E-state index >= 15 is 0 Å². The molecule has 1 aromatic heterocycles. The fourth-order valence-corrected chi connectivity index (χ4v) is 4.77. The smallest absolute Gasteiger partial charge is 0.339 e. The van der Waals surface area contributed by atoms with E-state index in [4.69, 9.17) is 9.47 Å². The van der Waals surface area contributed by atoms with Crippen molar-refractivity contribution in [2.24, 2.45) is 5.41 Å². The van der Waals surface area contributed by atoms with E-state index in [-0.39, 0.29) is 17.2 Å². The summed E-state index contributed by atoms with van der Waals surface area (Å²) in [6.45, 7) is 2.52. The molecule has 180 valence electrons. The van der Waals surface area contributed by atoms with E-state index in [0.29, 0.717) is 54.5 Å². The van der Waals surface area contributed by atoms with Crippen LogP contribution in [0.1, 0.15) is 50.5 Å². The number of aromatic nitrogens is 1. The van der Waals surface area contributed by atoms with Crippen molar-refractivity contribution < 1.29 is 28.6 Å². The number of ether oxygens (including phenoxy) is 3. The minimum atomic E-state index is -0.487. The molecule has 2 aliphatic heterocycles. The van der Waals surface area contributed by atoms with Crippen molar-refractivity contribution in [3.8, 4) is 11.5 Å². The maximum absolute atomic E-state index is 13.2. The van der Waals surface area contributed by atoms with Crippen LogP contribution in [0.4, 0.5) is 0 Å². The lowest BCUT2D eigenvalue weighted by molar-refractivity contribution is 0.0561. The number of carbonyl (C=O) groups is 3. The summed E-state index contributed by atoms with van der Waals surface area (Å²) in [6.07, 6.45) is 3.90. The maximum Gasteiger partial charge on any atom is 0.339 e. The molecule has 1 aromatic carbocycles. The number of amides is 2. The zero-order chi connectivity index (χ0) is 24.3. The molecule has 1 spiro atoms. The molecule has 3 heterocycles. The standard InChI is InChI=1S/C25H29N3O6/c1-32-18-5-7-21(33-2)19(14-18)22(29)27-11-8-25(9-12-27)10-13-28(16-25)23(30)20-6-4-17(15-26-20)24(31)34-3/h4-7,14-15H,8-13,16H2,1-3H3. The van der Waals surface area contributed by atoms with Crippen LogP contribution in [0.15, 0.2) is 36.5 Å². The summed E-state index contributed by atoms with van der Waals surface area (Å²) in [6, 6.07) is 8.32. The summed E-state index contributed by atoms with van der Waals surface area (Å²) < 4.78 is 15.3. The van der Waals surface area contributed by atoms with Gasteiger partial charge in [-0.2, -0.15) is 0 Å². The number of methoxy groups -OCH3 is 3. The molecule has 0 bridgehead atoms. The van der Waals surface area contributed by atoms with Crippen LogP contribution in [0.2, 0.25) is 0 Å². The number of benzene rings is 1. The number of carbonyl (C=O) groups excluding carboxylic acids is 3. The van der Waals surface area contributed by atoms with E-state index in [2.05, 4.69) is 9.72 Å². The molecular formula is C25H29N3O6. The van der Waals surface area contributed by atoms with Gasteiger partial charge in [0.1, 0.15) is 17.2 Å². The monoisotopic (exact) mass is 467 g/mol. The average Bonchev–Trinajstić information content (AvgIpc) is 3.30. The number of rotatable bonds is 5. The van der Waals surface area contributed by atoms with Gasteiger partial charge in [-0.15, -0.1) is 0 Å². The van der Waals surface area contributed by atoms with Crippen LogP contribution in [0.5, 0.6) is 11.5 Å². The van der Waals surface area contributed by atoms with Gasteiger partial charge in [0.15, 0.2) is 0 Å². The summed E-state index contributed by atoms with van der Waals surface area (Å²) in [5.74, 6) is 0.420. The van der Waals surface area contributed by atoms with E-state index < -0.39 is 5.97 Å². The Morgan fingerprint density at radius 1 is 0.882 bits per heavy atom.